The van der Waals surface area contributed by atoms with Crippen LogP contribution >= 0.6 is 0 Å². The molecule has 1 rings (SSSR count). The fourth-order valence-corrected chi connectivity index (χ4v) is 1.67. The Balaban J connectivity index is 2.26. The van der Waals surface area contributed by atoms with Gasteiger partial charge in [-0.3, -0.25) is 0 Å². The lowest BCUT2D eigenvalue weighted by Gasteiger charge is -2.18. The summed E-state index contributed by atoms with van der Waals surface area (Å²) in [4.78, 5) is 0. The predicted octanol–water partition coefficient (Wildman–Crippen LogP) is 1.50. The summed E-state index contributed by atoms with van der Waals surface area (Å²) < 4.78 is 23.5. The average Bonchev–Trinajstić information content (AvgIpc) is 2.41. The maximum Gasteiger partial charge on any atom is 0.127 e. The number of aliphatic hydroxyl groups is 1. The van der Waals surface area contributed by atoms with E-state index in [4.69, 9.17) is 9.47 Å². The number of aliphatic hydroxyl groups excluding tert-OH is 1. The van der Waals surface area contributed by atoms with Crippen molar-refractivity contribution in [1.82, 2.24) is 5.32 Å². The second kappa shape index (κ2) is 8.98. The van der Waals surface area contributed by atoms with Gasteiger partial charge in [-0.15, -0.1) is 0 Å². The van der Waals surface area contributed by atoms with E-state index in [0.29, 0.717) is 25.3 Å². The number of halogens is 1. The molecule has 0 radical (unpaired) electrons. The maximum absolute atomic E-state index is 13.5. The first-order valence-corrected chi connectivity index (χ1v) is 6.37. The molecular weight excluding hydrogens is 249 g/mol. The van der Waals surface area contributed by atoms with E-state index in [9.17, 15) is 9.50 Å². The third-order valence-electron chi connectivity index (χ3n) is 2.77. The van der Waals surface area contributed by atoms with E-state index in [1.807, 2.05) is 6.92 Å². The Hall–Kier alpha value is -1.01. The lowest BCUT2D eigenvalue weighted by atomic mass is 10.1. The number of hydrogen-bond acceptors (Lipinski definition) is 4. The first-order valence-electron chi connectivity index (χ1n) is 6.37. The molecule has 0 spiro atoms. The zero-order chi connectivity index (χ0) is 14.1. The van der Waals surface area contributed by atoms with E-state index < -0.39 is 6.10 Å². The van der Waals surface area contributed by atoms with Crippen molar-refractivity contribution < 1.29 is 19.0 Å². The van der Waals surface area contributed by atoms with Crippen molar-refractivity contribution in [1.29, 1.82) is 0 Å². The monoisotopic (exact) mass is 271 g/mol. The molecule has 108 valence electrons. The summed E-state index contributed by atoms with van der Waals surface area (Å²) in [6, 6.07) is 6.45. The summed E-state index contributed by atoms with van der Waals surface area (Å²) in [5.74, 6) is -0.242. The minimum absolute atomic E-state index is 0.158. The molecule has 0 aliphatic rings. The normalized spacial score (nSPS) is 14.3. The van der Waals surface area contributed by atoms with Crippen molar-refractivity contribution in [3.63, 3.8) is 0 Å². The average molecular weight is 271 g/mol. The van der Waals surface area contributed by atoms with Crippen molar-refractivity contribution in [2.24, 2.45) is 0 Å². The lowest BCUT2D eigenvalue weighted by molar-refractivity contribution is 0.0130. The number of benzene rings is 1. The molecule has 2 N–H and O–H groups in total. The van der Waals surface area contributed by atoms with Gasteiger partial charge >= 0.3 is 0 Å². The summed E-state index contributed by atoms with van der Waals surface area (Å²) in [5.41, 5.74) is 0.593. The van der Waals surface area contributed by atoms with Crippen molar-refractivity contribution in [2.45, 2.75) is 19.1 Å². The third-order valence-corrected chi connectivity index (χ3v) is 2.77. The van der Waals surface area contributed by atoms with Crippen molar-refractivity contribution >= 4 is 0 Å². The highest BCUT2D eigenvalue weighted by atomic mass is 19.1. The number of nitrogens with one attached hydrogen (secondary N) is 1. The van der Waals surface area contributed by atoms with Crippen LogP contribution in [0.2, 0.25) is 0 Å². The molecule has 19 heavy (non-hydrogen) atoms. The van der Waals surface area contributed by atoms with Gasteiger partial charge in [-0.05, 0) is 13.0 Å². The van der Waals surface area contributed by atoms with Gasteiger partial charge < -0.3 is 19.9 Å². The Morgan fingerprint density at radius 1 is 1.32 bits per heavy atom. The maximum atomic E-state index is 13.5. The second-order valence-corrected chi connectivity index (χ2v) is 4.37. The summed E-state index contributed by atoms with van der Waals surface area (Å²) in [7, 11) is 1.59. The molecule has 0 saturated heterocycles. The number of methoxy groups -OCH3 is 1. The van der Waals surface area contributed by atoms with E-state index >= 15 is 0 Å². The van der Waals surface area contributed by atoms with Crippen LogP contribution in [-0.4, -0.2) is 44.7 Å². The molecule has 1 aromatic carbocycles. The largest absolute Gasteiger partial charge is 0.389 e. The molecule has 0 aliphatic carbocycles. The predicted molar refractivity (Wildman–Crippen MR) is 71.5 cm³/mol. The lowest BCUT2D eigenvalue weighted by Crippen LogP contribution is -2.32. The summed E-state index contributed by atoms with van der Waals surface area (Å²) in [6.45, 7) is 3.40. The molecule has 0 bridgehead atoms. The number of rotatable bonds is 9. The van der Waals surface area contributed by atoms with Crippen molar-refractivity contribution in [2.75, 3.05) is 33.5 Å². The van der Waals surface area contributed by atoms with Gasteiger partial charge in [0.15, 0.2) is 0 Å². The summed E-state index contributed by atoms with van der Waals surface area (Å²) in [5, 5.41) is 12.8. The zero-order valence-corrected chi connectivity index (χ0v) is 11.4. The fourth-order valence-electron chi connectivity index (χ4n) is 1.67. The van der Waals surface area contributed by atoms with Gasteiger partial charge in [-0.1, -0.05) is 18.2 Å². The minimum Gasteiger partial charge on any atom is -0.389 e. The van der Waals surface area contributed by atoms with Crippen molar-refractivity contribution in [3.8, 4) is 0 Å². The highest BCUT2D eigenvalue weighted by molar-refractivity contribution is 5.20. The van der Waals surface area contributed by atoms with Gasteiger partial charge in [-0.25, -0.2) is 4.39 Å². The standard InChI is InChI=1S/C14H22FNO3/c1-11(13-5-3-4-6-14(13)15)16-9-12(17)10-19-8-7-18-2/h3-6,11-12,16-17H,7-10H2,1-2H3. The van der Waals surface area contributed by atoms with Crippen LogP contribution in [0, 0.1) is 5.82 Å². The first-order chi connectivity index (χ1) is 9.15. The van der Waals surface area contributed by atoms with Gasteiger partial charge in [0, 0.05) is 25.3 Å². The first kappa shape index (κ1) is 16.0. The van der Waals surface area contributed by atoms with Crippen LogP contribution in [0.3, 0.4) is 0 Å². The molecule has 5 heteroatoms. The molecule has 0 fully saturated rings. The van der Waals surface area contributed by atoms with Gasteiger partial charge in [0.25, 0.3) is 0 Å². The minimum atomic E-state index is -0.619. The van der Waals surface area contributed by atoms with Gasteiger partial charge in [0.05, 0.1) is 25.9 Å². The highest BCUT2D eigenvalue weighted by Gasteiger charge is 2.11. The van der Waals surface area contributed by atoms with Crippen LogP contribution in [0.5, 0.6) is 0 Å². The van der Waals surface area contributed by atoms with Crippen LogP contribution in [0.4, 0.5) is 4.39 Å². The summed E-state index contributed by atoms with van der Waals surface area (Å²) in [6.07, 6.45) is -0.619. The Bertz CT molecular complexity index is 362. The number of ether oxygens (including phenoxy) is 2. The molecule has 0 amide bonds. The highest BCUT2D eigenvalue weighted by Crippen LogP contribution is 2.15. The molecule has 2 atom stereocenters. The Kier molecular flexibility index (Phi) is 7.59. The van der Waals surface area contributed by atoms with Crippen molar-refractivity contribution in [3.05, 3.63) is 35.6 Å². The van der Waals surface area contributed by atoms with E-state index in [0.717, 1.165) is 0 Å². The molecule has 0 saturated carbocycles. The second-order valence-electron chi connectivity index (χ2n) is 4.37. The van der Waals surface area contributed by atoms with Crippen LogP contribution in [0.1, 0.15) is 18.5 Å². The number of hydrogen-bond donors (Lipinski definition) is 2. The van der Waals surface area contributed by atoms with E-state index in [-0.39, 0.29) is 18.5 Å². The Labute approximate surface area is 113 Å². The Morgan fingerprint density at radius 2 is 2.05 bits per heavy atom. The molecule has 4 nitrogen and oxygen atoms in total. The topological polar surface area (TPSA) is 50.7 Å². The fraction of sp³-hybridized carbons (Fsp3) is 0.571. The smallest absolute Gasteiger partial charge is 0.127 e. The van der Waals surface area contributed by atoms with Gasteiger partial charge in [0.2, 0.25) is 0 Å². The van der Waals surface area contributed by atoms with E-state index in [2.05, 4.69) is 5.32 Å². The molecular formula is C14H22FNO3. The Morgan fingerprint density at radius 3 is 2.74 bits per heavy atom. The molecule has 1 aromatic rings. The van der Waals surface area contributed by atoms with Gasteiger partial charge in [-0.2, -0.15) is 0 Å². The third kappa shape index (κ3) is 6.11. The molecule has 2 unspecified atom stereocenters. The molecule has 0 aliphatic heterocycles. The molecule has 0 heterocycles. The van der Waals surface area contributed by atoms with Crippen LogP contribution in [0.15, 0.2) is 24.3 Å². The van der Waals surface area contributed by atoms with Gasteiger partial charge in [0.1, 0.15) is 5.82 Å². The van der Waals surface area contributed by atoms with E-state index in [1.54, 1.807) is 25.3 Å². The zero-order valence-electron chi connectivity index (χ0n) is 11.4. The summed E-state index contributed by atoms with van der Waals surface area (Å²) >= 11 is 0. The van der Waals surface area contributed by atoms with Crippen LogP contribution < -0.4 is 5.32 Å². The molecule has 0 aromatic heterocycles. The quantitative estimate of drug-likeness (QED) is 0.668. The van der Waals surface area contributed by atoms with Crippen LogP contribution in [-0.2, 0) is 9.47 Å². The SMILES string of the molecule is COCCOCC(O)CNC(C)c1ccccc1F. The van der Waals surface area contributed by atoms with E-state index in [1.165, 1.54) is 6.07 Å². The van der Waals surface area contributed by atoms with Crippen LogP contribution in [0.25, 0.3) is 0 Å².